The molecule has 0 radical (unpaired) electrons. The van der Waals surface area contributed by atoms with E-state index in [4.69, 9.17) is 4.74 Å². The van der Waals surface area contributed by atoms with Crippen LogP contribution in [0.25, 0.3) is 11.3 Å². The SMILES string of the molecule is COc1ccc(-c2nc(NC(=O)c3cnc(N(C)CC(=O)[O-])cn3)sc2CN2CCCC(C)(C)C2)cc1C(F)(F)F.[K+]. The van der Waals surface area contributed by atoms with E-state index in [9.17, 15) is 27.9 Å². The summed E-state index contributed by atoms with van der Waals surface area (Å²) in [5.41, 5.74) is -0.270. The molecule has 15 heteroatoms. The van der Waals surface area contributed by atoms with Gasteiger partial charge in [-0.3, -0.25) is 15.0 Å². The van der Waals surface area contributed by atoms with E-state index >= 15 is 0 Å². The Morgan fingerprint density at radius 2 is 1.98 bits per heavy atom. The molecule has 10 nitrogen and oxygen atoms in total. The number of anilines is 2. The van der Waals surface area contributed by atoms with Crippen LogP contribution in [-0.4, -0.2) is 65.5 Å². The van der Waals surface area contributed by atoms with E-state index in [1.807, 2.05) is 0 Å². The molecule has 42 heavy (non-hydrogen) atoms. The third-order valence-corrected chi connectivity index (χ3v) is 7.63. The number of ether oxygens (including phenoxy) is 1. The van der Waals surface area contributed by atoms with Crippen LogP contribution in [0, 0.1) is 5.41 Å². The average molecular weight is 631 g/mol. The van der Waals surface area contributed by atoms with Crippen LogP contribution in [0.5, 0.6) is 5.75 Å². The van der Waals surface area contributed by atoms with E-state index in [0.29, 0.717) is 17.1 Å². The summed E-state index contributed by atoms with van der Waals surface area (Å²) in [6.07, 6.45) is -0.105. The van der Waals surface area contributed by atoms with Crippen LogP contribution < -0.4 is 71.4 Å². The molecule has 1 aromatic carbocycles. The smallest absolute Gasteiger partial charge is 0.548 e. The summed E-state index contributed by atoms with van der Waals surface area (Å²) in [5, 5.41) is 13.7. The number of amides is 1. The Kier molecular flexibility index (Phi) is 11.5. The number of aliphatic carboxylic acids is 1. The summed E-state index contributed by atoms with van der Waals surface area (Å²) in [5.74, 6) is -1.98. The number of nitrogens with zero attached hydrogens (tertiary/aromatic N) is 5. The molecule has 1 saturated heterocycles. The molecule has 0 unspecified atom stereocenters. The monoisotopic (exact) mass is 630 g/mol. The third-order valence-electron chi connectivity index (χ3n) is 6.67. The molecule has 220 valence electrons. The van der Waals surface area contributed by atoms with Crippen LogP contribution in [-0.2, 0) is 17.5 Å². The fourth-order valence-electron chi connectivity index (χ4n) is 4.77. The average Bonchev–Trinajstić information content (AvgIpc) is 3.28. The number of aromatic nitrogens is 3. The van der Waals surface area contributed by atoms with Crippen molar-refractivity contribution in [1.82, 2.24) is 19.9 Å². The number of thiazole rings is 1. The summed E-state index contributed by atoms with van der Waals surface area (Å²) >= 11 is 1.18. The van der Waals surface area contributed by atoms with Gasteiger partial charge in [0, 0.05) is 30.6 Å². The number of halogens is 3. The van der Waals surface area contributed by atoms with Gasteiger partial charge in [-0.15, -0.1) is 0 Å². The van der Waals surface area contributed by atoms with Gasteiger partial charge in [0.1, 0.15) is 17.3 Å². The van der Waals surface area contributed by atoms with Crippen molar-refractivity contribution in [2.75, 3.05) is 44.0 Å². The second-order valence-corrected chi connectivity index (χ2v) is 11.7. The number of carbonyl (C=O) groups is 2. The Hall–Kier alpha value is -2.14. The first-order valence-electron chi connectivity index (χ1n) is 12.8. The number of rotatable bonds is 9. The van der Waals surface area contributed by atoms with Crippen molar-refractivity contribution in [3.05, 3.63) is 46.7 Å². The zero-order chi connectivity index (χ0) is 29.9. The summed E-state index contributed by atoms with van der Waals surface area (Å²) in [6, 6.07) is 3.79. The van der Waals surface area contributed by atoms with Crippen molar-refractivity contribution in [3.63, 3.8) is 0 Å². The van der Waals surface area contributed by atoms with Crippen LogP contribution in [0.1, 0.15) is 47.6 Å². The van der Waals surface area contributed by atoms with Crippen molar-refractivity contribution < 1.29 is 84.0 Å². The number of hydrogen-bond donors (Lipinski definition) is 1. The van der Waals surface area contributed by atoms with Gasteiger partial charge in [-0.2, -0.15) is 13.2 Å². The standard InChI is InChI=1S/C27H31F3N6O4S.K/c1-26(2)8-5-9-36(15-26)13-20-23(16-6-7-19(40-4)17(10-16)27(28,29)30)33-25(41-20)34-24(39)18-11-32-21(12-31-18)35(3)14-22(37)38;/h6-7,10-12H,5,8-9,13-15H2,1-4H3,(H,37,38)(H,33,34,39);/q;+1/p-1. The maximum atomic E-state index is 13.8. The molecule has 1 aliphatic rings. The molecule has 1 N–H and O–H groups in total. The summed E-state index contributed by atoms with van der Waals surface area (Å²) in [4.78, 5) is 40.7. The van der Waals surface area contributed by atoms with Gasteiger partial charge in [-0.05, 0) is 43.0 Å². The van der Waals surface area contributed by atoms with E-state index < -0.39 is 30.2 Å². The van der Waals surface area contributed by atoms with Gasteiger partial charge < -0.3 is 19.5 Å². The fraction of sp³-hybridized carbons (Fsp3) is 0.444. The second-order valence-electron chi connectivity index (χ2n) is 10.6. The van der Waals surface area contributed by atoms with E-state index in [1.54, 1.807) is 0 Å². The molecule has 3 aromatic rings. The van der Waals surface area contributed by atoms with E-state index in [-0.39, 0.29) is 84.8 Å². The van der Waals surface area contributed by atoms with Crippen molar-refractivity contribution in [3.8, 4) is 17.0 Å². The number of likely N-dealkylation sites (tertiary alicyclic amines) is 1. The number of hydrogen-bond acceptors (Lipinski definition) is 10. The predicted molar refractivity (Wildman–Crippen MR) is 146 cm³/mol. The maximum absolute atomic E-state index is 13.8. The van der Waals surface area contributed by atoms with Crippen molar-refractivity contribution in [2.24, 2.45) is 5.41 Å². The van der Waals surface area contributed by atoms with Gasteiger partial charge in [0.2, 0.25) is 0 Å². The van der Waals surface area contributed by atoms with Crippen LogP contribution in [0.3, 0.4) is 0 Å². The zero-order valence-corrected chi connectivity index (χ0v) is 28.0. The Bertz CT molecular complexity index is 1420. The van der Waals surface area contributed by atoms with Crippen molar-refractivity contribution >= 4 is 34.2 Å². The molecular formula is C27H30F3KN6O4S. The minimum absolute atomic E-state index is 0. The number of carbonyl (C=O) groups excluding carboxylic acids is 2. The first-order valence-corrected chi connectivity index (χ1v) is 13.6. The number of likely N-dealkylation sites (N-methyl/N-ethyl adjacent to an activating group) is 1. The van der Waals surface area contributed by atoms with E-state index in [1.165, 1.54) is 54.9 Å². The Labute approximate surface area is 288 Å². The Morgan fingerprint density at radius 1 is 1.24 bits per heavy atom. The quantitative estimate of drug-likeness (QED) is 0.340. The predicted octanol–water partition coefficient (Wildman–Crippen LogP) is 0.692. The molecule has 1 aliphatic heterocycles. The van der Waals surface area contributed by atoms with Gasteiger partial charge in [0.25, 0.3) is 5.91 Å². The normalized spacial score (nSPS) is 15.0. The topological polar surface area (TPSA) is 124 Å². The molecule has 0 bridgehead atoms. The molecule has 4 rings (SSSR count). The van der Waals surface area contributed by atoms with E-state index in [2.05, 4.69) is 39.0 Å². The second kappa shape index (κ2) is 14.1. The van der Waals surface area contributed by atoms with Crippen LogP contribution in [0.15, 0.2) is 30.6 Å². The number of carboxylic acids is 1. The molecule has 1 fully saturated rings. The number of methoxy groups -OCH3 is 1. The van der Waals surface area contributed by atoms with Crippen molar-refractivity contribution in [1.29, 1.82) is 0 Å². The number of carboxylic acid groups (broad SMARTS) is 1. The van der Waals surface area contributed by atoms with Gasteiger partial charge in [-0.25, -0.2) is 15.0 Å². The Balaban J connectivity index is 0.00000484. The number of piperidine rings is 1. The maximum Gasteiger partial charge on any atom is 1.00 e. The number of nitrogens with one attached hydrogen (secondary N) is 1. The fourth-order valence-corrected chi connectivity index (χ4v) is 5.79. The largest absolute Gasteiger partial charge is 1.00 e. The molecule has 2 aromatic heterocycles. The number of benzene rings is 1. The minimum atomic E-state index is -4.63. The van der Waals surface area contributed by atoms with E-state index in [0.717, 1.165) is 32.0 Å². The van der Waals surface area contributed by atoms with Gasteiger partial charge in [0.15, 0.2) is 5.13 Å². The summed E-state index contributed by atoms with van der Waals surface area (Å²) < 4.78 is 46.3. The summed E-state index contributed by atoms with van der Waals surface area (Å²) in [7, 11) is 2.67. The third kappa shape index (κ3) is 8.71. The molecule has 1 amide bonds. The van der Waals surface area contributed by atoms with Crippen LogP contribution in [0.2, 0.25) is 0 Å². The Morgan fingerprint density at radius 3 is 2.57 bits per heavy atom. The van der Waals surface area contributed by atoms with Gasteiger partial charge in [0.05, 0.1) is 43.3 Å². The molecule has 0 atom stereocenters. The first kappa shape index (κ1) is 34.3. The zero-order valence-electron chi connectivity index (χ0n) is 24.0. The van der Waals surface area contributed by atoms with Gasteiger partial charge in [-0.1, -0.05) is 25.2 Å². The van der Waals surface area contributed by atoms with Crippen molar-refractivity contribution in [2.45, 2.75) is 39.4 Å². The van der Waals surface area contributed by atoms with Crippen LogP contribution >= 0.6 is 11.3 Å². The van der Waals surface area contributed by atoms with Gasteiger partial charge >= 0.3 is 57.6 Å². The molecule has 0 spiro atoms. The molecule has 3 heterocycles. The summed E-state index contributed by atoms with van der Waals surface area (Å²) in [6.45, 7) is 6.07. The number of alkyl halides is 3. The minimum Gasteiger partial charge on any atom is -0.548 e. The molecule has 0 aliphatic carbocycles. The van der Waals surface area contributed by atoms with Crippen LogP contribution in [0.4, 0.5) is 24.1 Å². The first-order chi connectivity index (χ1) is 19.3. The molecule has 0 saturated carbocycles. The molecular weight excluding hydrogens is 600 g/mol.